The normalized spacial score (nSPS) is 10.6. The number of rotatable bonds is 4. The maximum atomic E-state index is 5.86. The van der Waals surface area contributed by atoms with Gasteiger partial charge in [-0.2, -0.15) is 0 Å². The number of thiocarbonyl (C=S) groups is 1. The molecule has 0 aliphatic heterocycles. The Morgan fingerprint density at radius 3 is 2.70 bits per heavy atom. The van der Waals surface area contributed by atoms with E-state index in [9.17, 15) is 0 Å². The van der Waals surface area contributed by atoms with Crippen LogP contribution in [0.1, 0.15) is 22.5 Å². The summed E-state index contributed by atoms with van der Waals surface area (Å²) < 4.78 is 1.14. The Hall–Kier alpha value is -0.980. The third-order valence-corrected chi connectivity index (χ3v) is 4.76. The topological polar surface area (TPSA) is 42.1 Å². The number of anilines is 1. The minimum atomic E-state index is 0.392. The van der Waals surface area contributed by atoms with Crippen molar-refractivity contribution in [1.82, 2.24) is 4.98 Å². The van der Waals surface area contributed by atoms with Crippen molar-refractivity contribution in [1.29, 1.82) is 0 Å². The first kappa shape index (κ1) is 15.4. The van der Waals surface area contributed by atoms with Crippen molar-refractivity contribution >= 4 is 50.2 Å². The van der Waals surface area contributed by atoms with Gasteiger partial charge in [0.05, 0.1) is 15.0 Å². The van der Waals surface area contributed by atoms with Gasteiger partial charge in [-0.25, -0.2) is 0 Å². The molecule has 6 heteroatoms. The van der Waals surface area contributed by atoms with Gasteiger partial charge in [-0.1, -0.05) is 12.2 Å². The molecule has 0 aromatic carbocycles. The lowest BCUT2D eigenvalue weighted by molar-refractivity contribution is 0.916. The standard InChI is InChI=1S/C14H16BrN3S2/c1-8-4-11(13(14(16)19)9(2)17-8)18(3)6-10-5-12(15)20-7-10/h4-5,7H,6H2,1-3H3,(H2,16,19). The van der Waals surface area contributed by atoms with Crippen molar-refractivity contribution in [3.05, 3.63) is 43.8 Å². The molecule has 20 heavy (non-hydrogen) atoms. The summed E-state index contributed by atoms with van der Waals surface area (Å²) >= 11 is 10.3. The second-order valence-electron chi connectivity index (χ2n) is 4.72. The van der Waals surface area contributed by atoms with Crippen molar-refractivity contribution < 1.29 is 0 Å². The van der Waals surface area contributed by atoms with Crippen LogP contribution in [0, 0.1) is 13.8 Å². The number of hydrogen-bond donors (Lipinski definition) is 1. The van der Waals surface area contributed by atoms with Crippen molar-refractivity contribution in [2.45, 2.75) is 20.4 Å². The number of hydrogen-bond acceptors (Lipinski definition) is 4. The van der Waals surface area contributed by atoms with E-state index in [2.05, 4.69) is 37.3 Å². The van der Waals surface area contributed by atoms with E-state index >= 15 is 0 Å². The van der Waals surface area contributed by atoms with E-state index in [1.807, 2.05) is 27.0 Å². The molecule has 106 valence electrons. The molecule has 2 aromatic rings. The van der Waals surface area contributed by atoms with Gasteiger partial charge >= 0.3 is 0 Å². The monoisotopic (exact) mass is 369 g/mol. The Labute approximate surface area is 136 Å². The van der Waals surface area contributed by atoms with Gasteiger partial charge in [-0.3, -0.25) is 4.98 Å². The van der Waals surface area contributed by atoms with Crippen LogP contribution in [0.3, 0.4) is 0 Å². The second-order valence-corrected chi connectivity index (χ2v) is 7.45. The molecule has 2 rings (SSSR count). The van der Waals surface area contributed by atoms with Crippen molar-refractivity contribution in [2.75, 3.05) is 11.9 Å². The van der Waals surface area contributed by atoms with E-state index in [0.29, 0.717) is 4.99 Å². The average Bonchev–Trinajstić information content (AvgIpc) is 2.72. The maximum Gasteiger partial charge on any atom is 0.107 e. The number of aromatic nitrogens is 1. The number of nitrogens with zero attached hydrogens (tertiary/aromatic N) is 2. The van der Waals surface area contributed by atoms with Gasteiger partial charge < -0.3 is 10.6 Å². The third kappa shape index (κ3) is 3.37. The Morgan fingerprint density at radius 1 is 1.45 bits per heavy atom. The van der Waals surface area contributed by atoms with Crippen LogP contribution in [0.2, 0.25) is 0 Å². The molecule has 0 amide bonds. The summed E-state index contributed by atoms with van der Waals surface area (Å²) in [5, 5.41) is 2.14. The Kier molecular flexibility index (Phi) is 4.78. The number of halogens is 1. The van der Waals surface area contributed by atoms with Crippen LogP contribution >= 0.6 is 39.5 Å². The SMILES string of the molecule is Cc1cc(N(C)Cc2csc(Br)c2)c(C(N)=S)c(C)n1. The molecule has 0 atom stereocenters. The summed E-state index contributed by atoms with van der Waals surface area (Å²) in [5.41, 5.74) is 10.9. The van der Waals surface area contributed by atoms with Crippen LogP contribution in [0.5, 0.6) is 0 Å². The van der Waals surface area contributed by atoms with Crippen LogP contribution in [-0.2, 0) is 6.54 Å². The largest absolute Gasteiger partial charge is 0.389 e. The molecule has 0 aliphatic rings. The molecule has 0 saturated heterocycles. The van der Waals surface area contributed by atoms with Gasteiger partial charge in [0.1, 0.15) is 4.99 Å². The molecular formula is C14H16BrN3S2. The van der Waals surface area contributed by atoms with Gasteiger partial charge in [0.2, 0.25) is 0 Å². The number of pyridine rings is 1. The maximum absolute atomic E-state index is 5.86. The zero-order valence-electron chi connectivity index (χ0n) is 11.6. The lowest BCUT2D eigenvalue weighted by atomic mass is 10.1. The lowest BCUT2D eigenvalue weighted by Crippen LogP contribution is -2.23. The third-order valence-electron chi connectivity index (χ3n) is 3.01. The summed E-state index contributed by atoms with van der Waals surface area (Å²) in [7, 11) is 2.04. The predicted octanol–water partition coefficient (Wildman–Crippen LogP) is 3.79. The van der Waals surface area contributed by atoms with Crippen LogP contribution in [0.25, 0.3) is 0 Å². The number of thiophene rings is 1. The quantitative estimate of drug-likeness (QED) is 0.832. The van der Waals surface area contributed by atoms with Gasteiger partial charge in [0, 0.05) is 25.0 Å². The first-order valence-corrected chi connectivity index (χ1v) is 8.18. The van der Waals surface area contributed by atoms with Gasteiger partial charge in [-0.15, -0.1) is 11.3 Å². The van der Waals surface area contributed by atoms with Crippen LogP contribution in [0.15, 0.2) is 21.3 Å². The first-order valence-electron chi connectivity index (χ1n) is 6.10. The van der Waals surface area contributed by atoms with E-state index in [1.54, 1.807) is 11.3 Å². The average molecular weight is 370 g/mol. The molecule has 0 spiro atoms. The summed E-state index contributed by atoms with van der Waals surface area (Å²) in [6.07, 6.45) is 0. The van der Waals surface area contributed by atoms with E-state index in [1.165, 1.54) is 5.56 Å². The summed E-state index contributed by atoms with van der Waals surface area (Å²) in [6.45, 7) is 4.73. The summed E-state index contributed by atoms with van der Waals surface area (Å²) in [5.74, 6) is 0. The molecule has 0 unspecified atom stereocenters. The van der Waals surface area contributed by atoms with E-state index in [-0.39, 0.29) is 0 Å². The van der Waals surface area contributed by atoms with E-state index in [4.69, 9.17) is 18.0 Å². The lowest BCUT2D eigenvalue weighted by Gasteiger charge is -2.23. The van der Waals surface area contributed by atoms with Gasteiger partial charge in [0.25, 0.3) is 0 Å². The number of aryl methyl sites for hydroxylation is 2. The fourth-order valence-corrected chi connectivity index (χ4v) is 3.65. The molecular weight excluding hydrogens is 354 g/mol. The highest BCUT2D eigenvalue weighted by Gasteiger charge is 2.15. The zero-order valence-corrected chi connectivity index (χ0v) is 14.8. The van der Waals surface area contributed by atoms with Crippen molar-refractivity contribution in [2.24, 2.45) is 5.73 Å². The molecule has 0 aliphatic carbocycles. The van der Waals surface area contributed by atoms with E-state index in [0.717, 1.165) is 33.0 Å². The number of nitrogens with two attached hydrogens (primary N) is 1. The fourth-order valence-electron chi connectivity index (χ4n) is 2.20. The Balaban J connectivity index is 2.38. The molecule has 2 N–H and O–H groups in total. The fraction of sp³-hybridized carbons (Fsp3) is 0.286. The van der Waals surface area contributed by atoms with Gasteiger partial charge in [0.15, 0.2) is 0 Å². The molecule has 2 heterocycles. The second kappa shape index (κ2) is 6.20. The molecule has 3 nitrogen and oxygen atoms in total. The highest BCUT2D eigenvalue weighted by Crippen LogP contribution is 2.27. The zero-order chi connectivity index (χ0) is 14.9. The minimum Gasteiger partial charge on any atom is -0.389 e. The van der Waals surface area contributed by atoms with Crippen LogP contribution < -0.4 is 10.6 Å². The minimum absolute atomic E-state index is 0.392. The molecule has 0 fully saturated rings. The van der Waals surface area contributed by atoms with Crippen LogP contribution in [0.4, 0.5) is 5.69 Å². The van der Waals surface area contributed by atoms with Crippen molar-refractivity contribution in [3.8, 4) is 0 Å². The highest BCUT2D eigenvalue weighted by molar-refractivity contribution is 9.11. The smallest absolute Gasteiger partial charge is 0.107 e. The summed E-state index contributed by atoms with van der Waals surface area (Å²) in [6, 6.07) is 4.16. The van der Waals surface area contributed by atoms with Crippen LogP contribution in [-0.4, -0.2) is 17.0 Å². The Morgan fingerprint density at radius 2 is 2.15 bits per heavy atom. The summed E-state index contributed by atoms with van der Waals surface area (Å²) in [4.78, 5) is 7.00. The predicted molar refractivity (Wildman–Crippen MR) is 93.7 cm³/mol. The van der Waals surface area contributed by atoms with Gasteiger partial charge in [-0.05, 0) is 52.9 Å². The molecule has 2 aromatic heterocycles. The molecule has 0 saturated carbocycles. The highest BCUT2D eigenvalue weighted by atomic mass is 79.9. The molecule has 0 radical (unpaired) electrons. The van der Waals surface area contributed by atoms with E-state index < -0.39 is 0 Å². The van der Waals surface area contributed by atoms with Crippen molar-refractivity contribution in [3.63, 3.8) is 0 Å². The molecule has 0 bridgehead atoms. The first-order chi connectivity index (χ1) is 9.38. The Bertz CT molecular complexity index is 652.